The van der Waals surface area contributed by atoms with E-state index in [1.54, 1.807) is 19.1 Å². The van der Waals surface area contributed by atoms with Crippen LogP contribution in [0.4, 0.5) is 0 Å². The third-order valence-electron chi connectivity index (χ3n) is 7.04. The minimum absolute atomic E-state index is 0.0315. The maximum Gasteiger partial charge on any atom is 0.253 e. The largest absolute Gasteiger partial charge is 0.387 e. The number of nitrogens with zero attached hydrogens (tertiary/aromatic N) is 2. The number of H-pyrrole nitrogens is 1. The predicted molar refractivity (Wildman–Crippen MR) is 145 cm³/mol. The number of rotatable bonds is 11. The average molecular weight is 505 g/mol. The molecular weight excluding hydrogens is 464 g/mol. The summed E-state index contributed by atoms with van der Waals surface area (Å²) in [7, 11) is 3.42. The smallest absolute Gasteiger partial charge is 0.253 e. The van der Waals surface area contributed by atoms with Crippen molar-refractivity contribution in [2.75, 3.05) is 14.2 Å². The minimum atomic E-state index is -0.505. The summed E-state index contributed by atoms with van der Waals surface area (Å²) in [6.07, 6.45) is 3.39. The number of benzene rings is 2. The van der Waals surface area contributed by atoms with Gasteiger partial charge in [-0.05, 0) is 66.5 Å². The molecule has 0 bridgehead atoms. The second-order valence-electron chi connectivity index (χ2n) is 10.7. The molecule has 1 amide bonds. The van der Waals surface area contributed by atoms with E-state index in [9.17, 15) is 9.90 Å². The van der Waals surface area contributed by atoms with Crippen LogP contribution in [0.5, 0.6) is 0 Å². The number of aromatic amines is 1. The molecule has 37 heavy (non-hydrogen) atoms. The first kappa shape index (κ1) is 27.0. The number of aliphatic hydroxyl groups excluding tert-OH is 1. The van der Waals surface area contributed by atoms with Gasteiger partial charge in [-0.25, -0.2) is 0 Å². The predicted octanol–water partition coefficient (Wildman–Crippen LogP) is 4.42. The van der Waals surface area contributed by atoms with Crippen LogP contribution < -0.4 is 5.32 Å². The van der Waals surface area contributed by atoms with Gasteiger partial charge in [0.1, 0.15) is 0 Å². The molecule has 0 spiro atoms. The lowest BCUT2D eigenvalue weighted by Gasteiger charge is -2.21. The highest BCUT2D eigenvalue weighted by molar-refractivity contribution is 5.94. The summed E-state index contributed by atoms with van der Waals surface area (Å²) in [6.45, 7) is 5.33. The van der Waals surface area contributed by atoms with Crippen molar-refractivity contribution >= 4 is 5.91 Å². The van der Waals surface area contributed by atoms with Gasteiger partial charge in [-0.3, -0.25) is 9.89 Å². The number of carbonyl (C=O) groups excluding carboxylic acids is 1. The van der Waals surface area contributed by atoms with Gasteiger partial charge < -0.3 is 20.1 Å². The van der Waals surface area contributed by atoms with Gasteiger partial charge in [0.25, 0.3) is 5.91 Å². The van der Waals surface area contributed by atoms with Gasteiger partial charge in [0, 0.05) is 31.8 Å². The Kier molecular flexibility index (Phi) is 9.14. The van der Waals surface area contributed by atoms with E-state index < -0.39 is 6.10 Å². The summed E-state index contributed by atoms with van der Waals surface area (Å²) in [6, 6.07) is 18.6. The monoisotopic (exact) mass is 504 g/mol. The van der Waals surface area contributed by atoms with E-state index in [2.05, 4.69) is 53.6 Å². The van der Waals surface area contributed by atoms with Crippen LogP contribution in [-0.2, 0) is 30.7 Å². The quantitative estimate of drug-likeness (QED) is 0.360. The molecule has 1 aromatic heterocycles. The number of aromatic nitrogens is 2. The highest BCUT2D eigenvalue weighted by Gasteiger charge is 2.30. The minimum Gasteiger partial charge on any atom is -0.387 e. The first-order chi connectivity index (χ1) is 17.8. The molecule has 0 radical (unpaired) electrons. The molecular formula is C30H40N4O3. The van der Waals surface area contributed by atoms with Crippen molar-refractivity contribution in [2.24, 2.45) is 5.92 Å². The lowest BCUT2D eigenvalue weighted by molar-refractivity contribution is 0.0783. The fraction of sp³-hybridized carbons (Fsp3) is 0.467. The van der Waals surface area contributed by atoms with E-state index in [0.717, 1.165) is 42.6 Å². The third kappa shape index (κ3) is 7.28. The second-order valence-corrected chi connectivity index (χ2v) is 10.7. The highest BCUT2D eigenvalue weighted by Crippen LogP contribution is 2.27. The van der Waals surface area contributed by atoms with Crippen LogP contribution in [0.2, 0.25) is 0 Å². The van der Waals surface area contributed by atoms with Gasteiger partial charge in [-0.1, -0.05) is 50.2 Å². The number of ether oxygens (including phenoxy) is 1. The van der Waals surface area contributed by atoms with Crippen LogP contribution in [0.1, 0.15) is 71.2 Å². The summed E-state index contributed by atoms with van der Waals surface area (Å²) in [4.78, 5) is 14.6. The fourth-order valence-electron chi connectivity index (χ4n) is 5.14. The van der Waals surface area contributed by atoms with Crippen LogP contribution >= 0.6 is 0 Å². The van der Waals surface area contributed by atoms with Crippen LogP contribution in [0.25, 0.3) is 0 Å². The van der Waals surface area contributed by atoms with Gasteiger partial charge in [-0.2, -0.15) is 5.10 Å². The first-order valence-corrected chi connectivity index (χ1v) is 13.2. The Morgan fingerprint density at radius 1 is 1.11 bits per heavy atom. The van der Waals surface area contributed by atoms with Crippen LogP contribution in [0, 0.1) is 5.92 Å². The molecule has 3 aromatic rings. The van der Waals surface area contributed by atoms with E-state index in [4.69, 9.17) is 4.74 Å². The van der Waals surface area contributed by atoms with Crippen LogP contribution in [-0.4, -0.2) is 52.4 Å². The molecule has 3 unspecified atom stereocenters. The molecule has 0 saturated carbocycles. The summed E-state index contributed by atoms with van der Waals surface area (Å²) < 4.78 is 5.09. The van der Waals surface area contributed by atoms with Gasteiger partial charge in [0.15, 0.2) is 0 Å². The Morgan fingerprint density at radius 3 is 2.49 bits per heavy atom. The molecule has 2 aromatic carbocycles. The third-order valence-corrected chi connectivity index (χ3v) is 7.04. The van der Waals surface area contributed by atoms with E-state index in [-0.39, 0.29) is 11.9 Å². The number of methoxy groups -OCH3 is 1. The van der Waals surface area contributed by atoms with Crippen molar-refractivity contribution in [2.45, 2.75) is 70.9 Å². The van der Waals surface area contributed by atoms with Crippen molar-refractivity contribution in [1.29, 1.82) is 0 Å². The molecule has 4 rings (SSSR count). The van der Waals surface area contributed by atoms with Gasteiger partial charge in [0.2, 0.25) is 0 Å². The molecule has 2 heterocycles. The summed E-state index contributed by atoms with van der Waals surface area (Å²) in [5.74, 6) is 0.592. The number of carbonyl (C=O) groups is 1. The van der Waals surface area contributed by atoms with E-state index in [0.29, 0.717) is 30.7 Å². The van der Waals surface area contributed by atoms with Crippen molar-refractivity contribution < 1.29 is 14.6 Å². The Labute approximate surface area is 220 Å². The highest BCUT2D eigenvalue weighted by atomic mass is 16.5. The van der Waals surface area contributed by atoms with E-state index in [1.165, 1.54) is 11.1 Å². The normalized spacial score (nSPS) is 18.3. The van der Waals surface area contributed by atoms with Gasteiger partial charge in [0.05, 0.1) is 30.6 Å². The maximum atomic E-state index is 12.9. The van der Waals surface area contributed by atoms with Gasteiger partial charge in [-0.15, -0.1) is 0 Å². The van der Waals surface area contributed by atoms with Crippen LogP contribution in [0.15, 0.2) is 54.6 Å². The van der Waals surface area contributed by atoms with Crippen molar-refractivity contribution in [3.63, 3.8) is 0 Å². The number of nitrogens with one attached hydrogen (secondary N) is 2. The Morgan fingerprint density at radius 2 is 1.81 bits per heavy atom. The number of aliphatic hydroxyl groups is 1. The SMILES string of the molecule is COCc1cc(CN(C)C(=O)c2ccc(CC3CCC(C(O)c4ccc(CC(C)C)cc4)N3)cc2)[nH]n1. The van der Waals surface area contributed by atoms with E-state index >= 15 is 0 Å². The zero-order valence-electron chi connectivity index (χ0n) is 22.4. The fourth-order valence-corrected chi connectivity index (χ4v) is 5.14. The van der Waals surface area contributed by atoms with Crippen molar-refractivity contribution in [3.05, 3.63) is 88.2 Å². The lowest BCUT2D eigenvalue weighted by atomic mass is 9.97. The van der Waals surface area contributed by atoms with Crippen molar-refractivity contribution in [1.82, 2.24) is 20.4 Å². The first-order valence-electron chi connectivity index (χ1n) is 13.2. The maximum absolute atomic E-state index is 12.9. The zero-order valence-corrected chi connectivity index (χ0v) is 22.4. The lowest BCUT2D eigenvalue weighted by Crippen LogP contribution is -2.35. The van der Waals surface area contributed by atoms with Crippen molar-refractivity contribution in [3.8, 4) is 0 Å². The summed E-state index contributed by atoms with van der Waals surface area (Å²) in [5, 5.41) is 21.7. The summed E-state index contributed by atoms with van der Waals surface area (Å²) >= 11 is 0. The molecule has 7 heteroatoms. The average Bonchev–Trinajstić information content (AvgIpc) is 3.53. The molecule has 7 nitrogen and oxygen atoms in total. The Bertz CT molecular complexity index is 1140. The number of hydrogen-bond acceptors (Lipinski definition) is 5. The molecule has 1 fully saturated rings. The number of hydrogen-bond donors (Lipinski definition) is 3. The molecule has 1 saturated heterocycles. The topological polar surface area (TPSA) is 90.5 Å². The molecule has 3 atom stereocenters. The molecule has 1 aliphatic heterocycles. The van der Waals surface area contributed by atoms with Gasteiger partial charge >= 0.3 is 0 Å². The summed E-state index contributed by atoms with van der Waals surface area (Å²) in [5.41, 5.74) is 5.82. The zero-order chi connectivity index (χ0) is 26.4. The van der Waals surface area contributed by atoms with E-state index in [1.807, 2.05) is 30.3 Å². The standard InChI is InChI=1S/C30H40N4O3/c1-20(2)15-21-5-9-23(10-6-21)29(35)28-14-13-25(31-28)16-22-7-11-24(12-8-22)30(36)34(3)18-26-17-27(19-37-4)33-32-26/h5-12,17,20,25,28-29,31,35H,13-16,18-19H2,1-4H3,(H,32,33). The second kappa shape index (κ2) is 12.5. The van der Waals surface area contributed by atoms with Crippen LogP contribution in [0.3, 0.4) is 0 Å². The Hall–Kier alpha value is -3.00. The molecule has 0 aliphatic carbocycles. The number of amides is 1. The molecule has 1 aliphatic rings. The molecule has 198 valence electrons. The Balaban J connectivity index is 1.27. The molecule has 3 N–H and O–H groups in total.